The molecule has 0 aliphatic carbocycles. The molecule has 1 aliphatic rings. The van der Waals surface area contributed by atoms with Crippen molar-refractivity contribution in [3.05, 3.63) is 36.2 Å². The number of nitrogens with one attached hydrogen (secondary N) is 1. The number of anilines is 1. The summed E-state index contributed by atoms with van der Waals surface area (Å²) in [7, 11) is -3.56. The minimum atomic E-state index is -3.56. The summed E-state index contributed by atoms with van der Waals surface area (Å²) in [5.41, 5.74) is 0.686. The van der Waals surface area contributed by atoms with Gasteiger partial charge in [0.25, 0.3) is 0 Å². The van der Waals surface area contributed by atoms with Crippen molar-refractivity contribution in [2.75, 3.05) is 18.1 Å². The molecule has 23 heavy (non-hydrogen) atoms. The van der Waals surface area contributed by atoms with E-state index < -0.39 is 21.1 Å². The van der Waals surface area contributed by atoms with E-state index in [1.165, 1.54) is 0 Å². The lowest BCUT2D eigenvalue weighted by Gasteiger charge is -2.22. The van der Waals surface area contributed by atoms with E-state index in [4.69, 9.17) is 4.42 Å². The second kappa shape index (κ2) is 5.99. The lowest BCUT2D eigenvalue weighted by molar-refractivity contribution is 0.195. The van der Waals surface area contributed by atoms with Crippen LogP contribution in [0.3, 0.4) is 0 Å². The number of nitrogens with zero attached hydrogens (tertiary/aromatic N) is 3. The van der Waals surface area contributed by atoms with E-state index in [-0.39, 0.29) is 11.9 Å². The molecule has 1 aromatic heterocycles. The Hall–Kier alpha value is -2.42. The molecule has 2 amide bonds. The van der Waals surface area contributed by atoms with Crippen molar-refractivity contribution in [3.63, 3.8) is 0 Å². The van der Waals surface area contributed by atoms with Crippen molar-refractivity contribution in [1.82, 2.24) is 15.1 Å². The lowest BCUT2D eigenvalue weighted by atomic mass is 10.2. The first-order valence-corrected chi connectivity index (χ1v) is 9.00. The number of hydrogen-bond donors (Lipinski definition) is 1. The van der Waals surface area contributed by atoms with Gasteiger partial charge in [0.15, 0.2) is 0 Å². The second-order valence-corrected chi connectivity index (χ2v) is 7.22. The summed E-state index contributed by atoms with van der Waals surface area (Å²) in [6.07, 6.45) is 2.43. The van der Waals surface area contributed by atoms with Gasteiger partial charge < -0.3 is 14.6 Å². The summed E-state index contributed by atoms with van der Waals surface area (Å²) in [5.74, 6) is 0.145. The SMILES string of the molecule is CS(=O)(=O)c1nnc([C@@H]2CCCN2C(=O)Nc2ccccc2)o1. The molecule has 0 radical (unpaired) electrons. The van der Waals surface area contributed by atoms with E-state index in [2.05, 4.69) is 15.5 Å². The van der Waals surface area contributed by atoms with E-state index in [0.29, 0.717) is 18.7 Å². The van der Waals surface area contributed by atoms with Gasteiger partial charge in [-0.1, -0.05) is 23.3 Å². The number of carbonyl (C=O) groups excluding carboxylic acids is 1. The van der Waals surface area contributed by atoms with Gasteiger partial charge in [0, 0.05) is 18.5 Å². The Kier molecular flexibility index (Phi) is 4.03. The molecule has 1 aliphatic heterocycles. The Bertz CT molecular complexity index is 803. The molecule has 1 saturated heterocycles. The van der Waals surface area contributed by atoms with Crippen molar-refractivity contribution >= 4 is 21.6 Å². The Morgan fingerprint density at radius 3 is 2.70 bits per heavy atom. The normalized spacial score (nSPS) is 18.1. The van der Waals surface area contributed by atoms with E-state index in [1.54, 1.807) is 17.0 Å². The van der Waals surface area contributed by atoms with E-state index in [0.717, 1.165) is 12.7 Å². The zero-order valence-electron chi connectivity index (χ0n) is 12.5. The predicted molar refractivity (Wildman–Crippen MR) is 81.5 cm³/mol. The number of likely N-dealkylation sites (tertiary alicyclic amines) is 1. The van der Waals surface area contributed by atoms with Gasteiger partial charge >= 0.3 is 11.3 Å². The third kappa shape index (κ3) is 3.34. The number of hydrogen-bond acceptors (Lipinski definition) is 6. The Morgan fingerprint density at radius 1 is 1.30 bits per heavy atom. The number of sulfone groups is 1. The van der Waals surface area contributed by atoms with Crippen LogP contribution in [0.5, 0.6) is 0 Å². The summed E-state index contributed by atoms with van der Waals surface area (Å²) < 4.78 is 28.1. The molecule has 8 nitrogen and oxygen atoms in total. The molecule has 1 aromatic carbocycles. The van der Waals surface area contributed by atoms with Crippen molar-refractivity contribution in [2.45, 2.75) is 24.1 Å². The summed E-state index contributed by atoms with van der Waals surface area (Å²) in [5, 5.41) is 9.71. The lowest BCUT2D eigenvalue weighted by Crippen LogP contribution is -2.34. The monoisotopic (exact) mass is 336 g/mol. The fourth-order valence-electron chi connectivity index (χ4n) is 2.49. The molecular formula is C14H16N4O4S. The molecular weight excluding hydrogens is 320 g/mol. The van der Waals surface area contributed by atoms with Crippen LogP contribution in [0.4, 0.5) is 10.5 Å². The predicted octanol–water partition coefficient (Wildman–Crippen LogP) is 1.84. The summed E-state index contributed by atoms with van der Waals surface area (Å²) >= 11 is 0. The van der Waals surface area contributed by atoms with Crippen LogP contribution < -0.4 is 5.32 Å². The van der Waals surface area contributed by atoms with Crippen LogP contribution in [0.2, 0.25) is 0 Å². The maximum absolute atomic E-state index is 12.4. The number of urea groups is 1. The first-order chi connectivity index (χ1) is 10.9. The maximum Gasteiger partial charge on any atom is 0.335 e. The molecule has 0 bridgehead atoms. The van der Waals surface area contributed by atoms with Crippen molar-refractivity contribution in [2.24, 2.45) is 0 Å². The quantitative estimate of drug-likeness (QED) is 0.917. The van der Waals surface area contributed by atoms with Crippen LogP contribution in [0.1, 0.15) is 24.8 Å². The Balaban J connectivity index is 1.77. The van der Waals surface area contributed by atoms with Crippen LogP contribution in [-0.4, -0.2) is 42.3 Å². The third-order valence-electron chi connectivity index (χ3n) is 3.56. The van der Waals surface area contributed by atoms with Crippen LogP contribution >= 0.6 is 0 Å². The largest absolute Gasteiger partial charge is 0.410 e. The van der Waals surface area contributed by atoms with Crippen molar-refractivity contribution in [3.8, 4) is 0 Å². The number of para-hydroxylation sites is 1. The smallest absolute Gasteiger partial charge is 0.335 e. The van der Waals surface area contributed by atoms with E-state index >= 15 is 0 Å². The minimum absolute atomic E-state index is 0.145. The highest BCUT2D eigenvalue weighted by Gasteiger charge is 2.34. The number of carbonyl (C=O) groups is 1. The average molecular weight is 336 g/mol. The topological polar surface area (TPSA) is 105 Å². The molecule has 122 valence electrons. The molecule has 2 heterocycles. The fourth-order valence-corrected chi connectivity index (χ4v) is 2.91. The summed E-state index contributed by atoms with van der Waals surface area (Å²) in [4.78, 5) is 14.0. The minimum Gasteiger partial charge on any atom is -0.410 e. The second-order valence-electron chi connectivity index (χ2n) is 5.33. The molecule has 9 heteroatoms. The highest BCUT2D eigenvalue weighted by atomic mass is 32.2. The Morgan fingerprint density at radius 2 is 2.04 bits per heavy atom. The standard InChI is InChI=1S/C14H16N4O4S/c1-23(20,21)14-17-16-12(22-14)11-8-5-9-18(11)13(19)15-10-6-3-2-4-7-10/h2-4,6-7,11H,5,8-9H2,1H3,(H,15,19)/t11-/m0/s1. The van der Waals surface area contributed by atoms with Gasteiger partial charge in [-0.2, -0.15) is 0 Å². The molecule has 0 saturated carbocycles. The average Bonchev–Trinajstić information content (AvgIpc) is 3.16. The summed E-state index contributed by atoms with van der Waals surface area (Å²) in [6.45, 7) is 0.542. The molecule has 0 unspecified atom stereocenters. The van der Waals surface area contributed by atoms with Gasteiger partial charge in [-0.3, -0.25) is 0 Å². The third-order valence-corrected chi connectivity index (χ3v) is 4.36. The first kappa shape index (κ1) is 15.5. The fraction of sp³-hybridized carbons (Fsp3) is 0.357. The zero-order chi connectivity index (χ0) is 16.4. The van der Waals surface area contributed by atoms with E-state index in [9.17, 15) is 13.2 Å². The number of benzene rings is 1. The van der Waals surface area contributed by atoms with E-state index in [1.807, 2.05) is 18.2 Å². The number of aromatic nitrogens is 2. The van der Waals surface area contributed by atoms with Crippen LogP contribution in [0, 0.1) is 0 Å². The van der Waals surface area contributed by atoms with Crippen molar-refractivity contribution < 1.29 is 17.6 Å². The number of rotatable bonds is 3. The van der Waals surface area contributed by atoms with Gasteiger partial charge in [0.05, 0.1) is 0 Å². The number of amides is 2. The molecule has 1 N–H and O–H groups in total. The van der Waals surface area contributed by atoms with Gasteiger partial charge in [0.1, 0.15) is 6.04 Å². The molecule has 3 rings (SSSR count). The molecule has 0 spiro atoms. The summed E-state index contributed by atoms with van der Waals surface area (Å²) in [6, 6.07) is 8.40. The Labute approximate surface area is 133 Å². The van der Waals surface area contributed by atoms with Crippen molar-refractivity contribution in [1.29, 1.82) is 0 Å². The first-order valence-electron chi connectivity index (χ1n) is 7.11. The van der Waals surface area contributed by atoms with Crippen LogP contribution in [0.25, 0.3) is 0 Å². The van der Waals surface area contributed by atoms with Gasteiger partial charge in [-0.25, -0.2) is 13.2 Å². The zero-order valence-corrected chi connectivity index (χ0v) is 13.3. The highest BCUT2D eigenvalue weighted by Crippen LogP contribution is 2.32. The van der Waals surface area contributed by atoms with Gasteiger partial charge in [0.2, 0.25) is 15.7 Å². The highest BCUT2D eigenvalue weighted by molar-refractivity contribution is 7.90. The maximum atomic E-state index is 12.4. The van der Waals surface area contributed by atoms with Gasteiger partial charge in [-0.05, 0) is 25.0 Å². The molecule has 1 atom stereocenters. The van der Waals surface area contributed by atoms with Gasteiger partial charge in [-0.15, -0.1) is 5.10 Å². The molecule has 2 aromatic rings. The molecule has 1 fully saturated rings. The van der Waals surface area contributed by atoms with Crippen LogP contribution in [-0.2, 0) is 9.84 Å². The van der Waals surface area contributed by atoms with Crippen LogP contribution in [0.15, 0.2) is 40.0 Å².